The molecule has 11 nitrogen and oxygen atoms in total. The number of ether oxygens (including phenoxy) is 2. The number of hydrogen-bond donors (Lipinski definition) is 1. The molecular formula is C50H88NO10P. The molecule has 0 aromatic carbocycles. The molecule has 0 aliphatic rings. The van der Waals surface area contributed by atoms with Crippen molar-refractivity contribution >= 4 is 19.8 Å². The Morgan fingerprint density at radius 2 is 1.27 bits per heavy atom. The first-order chi connectivity index (χ1) is 29.7. The number of allylic oxidation sites excluding steroid dienone is 5. The van der Waals surface area contributed by atoms with E-state index in [4.69, 9.17) is 22.9 Å². The van der Waals surface area contributed by atoms with Crippen molar-refractivity contribution in [1.82, 2.24) is 0 Å². The minimum absolute atomic E-state index is 0.00694. The number of likely N-dealkylation sites (N-methyl/N-ethyl adjacent to an activating group) is 1. The summed E-state index contributed by atoms with van der Waals surface area (Å²) >= 11 is 0. The van der Waals surface area contributed by atoms with Crippen LogP contribution in [0.3, 0.4) is 0 Å². The van der Waals surface area contributed by atoms with Crippen molar-refractivity contribution in [3.05, 3.63) is 59.1 Å². The Kier molecular flexibility index (Phi) is 33.2. The molecule has 0 spiro atoms. The molecule has 1 aromatic heterocycles. The summed E-state index contributed by atoms with van der Waals surface area (Å²) in [6, 6.07) is 0. The summed E-state index contributed by atoms with van der Waals surface area (Å²) in [6.45, 7) is 8.30. The Balaban J connectivity index is 2.41. The van der Waals surface area contributed by atoms with Crippen molar-refractivity contribution in [3.8, 4) is 0 Å². The maximum absolute atomic E-state index is 12.7. The van der Waals surface area contributed by atoms with Gasteiger partial charge < -0.3 is 37.4 Å². The van der Waals surface area contributed by atoms with Gasteiger partial charge in [-0.1, -0.05) is 134 Å². The summed E-state index contributed by atoms with van der Waals surface area (Å²) in [5, 5.41) is 10.4. The zero-order chi connectivity index (χ0) is 45.9. The van der Waals surface area contributed by atoms with Gasteiger partial charge in [0.2, 0.25) is 0 Å². The molecule has 3 atom stereocenters. The molecule has 12 heteroatoms. The van der Waals surface area contributed by atoms with E-state index in [1.165, 1.54) is 87.5 Å². The van der Waals surface area contributed by atoms with Crippen LogP contribution in [0.25, 0.3) is 0 Å². The largest absolute Gasteiger partial charge is 0.756 e. The van der Waals surface area contributed by atoms with E-state index >= 15 is 0 Å². The maximum Gasteiger partial charge on any atom is 0.306 e. The summed E-state index contributed by atoms with van der Waals surface area (Å²) in [5.74, 6) is 1.27. The highest BCUT2D eigenvalue weighted by Crippen LogP contribution is 2.38. The van der Waals surface area contributed by atoms with E-state index in [0.717, 1.165) is 63.5 Å². The molecule has 0 aliphatic carbocycles. The van der Waals surface area contributed by atoms with Crippen LogP contribution in [0, 0.1) is 13.8 Å². The van der Waals surface area contributed by atoms with Crippen LogP contribution >= 0.6 is 7.82 Å². The Morgan fingerprint density at radius 1 is 0.710 bits per heavy atom. The van der Waals surface area contributed by atoms with Crippen LogP contribution in [0.5, 0.6) is 0 Å². The van der Waals surface area contributed by atoms with Crippen molar-refractivity contribution in [2.45, 2.75) is 200 Å². The second kappa shape index (κ2) is 35.8. The second-order valence-electron chi connectivity index (χ2n) is 17.9. The number of unbranched alkanes of at least 4 members (excludes halogenated alkanes) is 15. The second-order valence-corrected chi connectivity index (χ2v) is 19.3. The lowest BCUT2D eigenvalue weighted by molar-refractivity contribution is -0.870. The molecule has 1 aromatic rings. The van der Waals surface area contributed by atoms with Crippen LogP contribution in [0.4, 0.5) is 0 Å². The van der Waals surface area contributed by atoms with Gasteiger partial charge in [0.05, 0.1) is 33.9 Å². The number of aliphatic hydroxyl groups excluding tert-OH is 1. The predicted molar refractivity (Wildman–Crippen MR) is 250 cm³/mol. The monoisotopic (exact) mass is 894 g/mol. The number of esters is 2. The summed E-state index contributed by atoms with van der Waals surface area (Å²) in [4.78, 5) is 37.8. The zero-order valence-electron chi connectivity index (χ0n) is 40.1. The molecule has 0 bridgehead atoms. The van der Waals surface area contributed by atoms with Crippen LogP contribution < -0.4 is 4.89 Å². The van der Waals surface area contributed by atoms with Gasteiger partial charge in [-0.25, -0.2) is 0 Å². The first-order valence-electron chi connectivity index (χ1n) is 24.2. The quantitative estimate of drug-likeness (QED) is 0.0169. The Hall–Kier alpha value is -2.53. The third-order valence-electron chi connectivity index (χ3n) is 11.0. The molecule has 2 unspecified atom stereocenters. The first kappa shape index (κ1) is 57.5. The van der Waals surface area contributed by atoms with Gasteiger partial charge in [0.25, 0.3) is 7.82 Å². The highest BCUT2D eigenvalue weighted by Gasteiger charge is 2.22. The minimum Gasteiger partial charge on any atom is -0.756 e. The number of hydrogen-bond acceptors (Lipinski definition) is 10. The van der Waals surface area contributed by atoms with E-state index in [1.54, 1.807) is 12.2 Å². The third kappa shape index (κ3) is 32.2. The number of phosphoric ester groups is 1. The van der Waals surface area contributed by atoms with Crippen molar-refractivity contribution in [1.29, 1.82) is 0 Å². The number of nitrogens with zero attached hydrogens (tertiary/aromatic N) is 1. The number of quaternary nitrogens is 1. The van der Waals surface area contributed by atoms with E-state index in [1.807, 2.05) is 33.3 Å². The first-order valence-corrected chi connectivity index (χ1v) is 25.6. The number of furan rings is 1. The fraction of sp³-hybridized carbons (Fsp3) is 0.760. The van der Waals surface area contributed by atoms with Crippen molar-refractivity contribution in [2.24, 2.45) is 0 Å². The van der Waals surface area contributed by atoms with Gasteiger partial charge in [-0.3, -0.25) is 14.2 Å². The fourth-order valence-corrected chi connectivity index (χ4v) is 7.57. The van der Waals surface area contributed by atoms with Gasteiger partial charge in [-0.2, -0.15) is 0 Å². The van der Waals surface area contributed by atoms with Crippen LogP contribution in [-0.4, -0.2) is 81.2 Å². The molecule has 0 saturated carbocycles. The van der Waals surface area contributed by atoms with Gasteiger partial charge in [0.1, 0.15) is 31.3 Å². The summed E-state index contributed by atoms with van der Waals surface area (Å²) in [6.07, 6.45) is 34.6. The van der Waals surface area contributed by atoms with Gasteiger partial charge in [0, 0.05) is 25.7 Å². The molecule has 62 heavy (non-hydrogen) atoms. The third-order valence-corrected chi connectivity index (χ3v) is 11.9. The van der Waals surface area contributed by atoms with Crippen LogP contribution in [0.1, 0.15) is 184 Å². The SMILES string of the molecule is CCCCCCCC/C=C/C/C=C/C=C/C(O)CCCC(=O)O[C@H](COC(=O)CCCCCCCCCCc1oc(CCCCC)c(C)c1C)COP(=O)([O-])OCC[N+](C)(C)C. The smallest absolute Gasteiger partial charge is 0.306 e. The fourth-order valence-electron chi connectivity index (χ4n) is 6.84. The van der Waals surface area contributed by atoms with E-state index in [9.17, 15) is 24.2 Å². The van der Waals surface area contributed by atoms with Crippen molar-refractivity contribution in [2.75, 3.05) is 47.5 Å². The summed E-state index contributed by atoms with van der Waals surface area (Å²) in [5.41, 5.74) is 2.64. The molecule has 358 valence electrons. The van der Waals surface area contributed by atoms with Crippen LogP contribution in [0.2, 0.25) is 0 Å². The Bertz CT molecular complexity index is 1450. The Labute approximate surface area is 377 Å². The number of aliphatic hydroxyl groups is 1. The van der Waals surface area contributed by atoms with E-state index in [2.05, 4.69) is 39.8 Å². The topological polar surface area (TPSA) is 145 Å². The average Bonchev–Trinajstić information content (AvgIpc) is 3.48. The molecule has 1 heterocycles. The van der Waals surface area contributed by atoms with Crippen molar-refractivity contribution < 1.29 is 51.6 Å². The van der Waals surface area contributed by atoms with Gasteiger partial charge in [0.15, 0.2) is 6.10 Å². The molecule has 0 saturated heterocycles. The molecular weight excluding hydrogens is 806 g/mol. The average molecular weight is 894 g/mol. The highest BCUT2D eigenvalue weighted by atomic mass is 31.2. The van der Waals surface area contributed by atoms with E-state index < -0.39 is 38.6 Å². The predicted octanol–water partition coefficient (Wildman–Crippen LogP) is 11.7. The molecule has 0 amide bonds. The number of rotatable bonds is 40. The molecule has 0 aliphatic heterocycles. The standard InChI is InChI=1S/C50H88NO10P/c1-8-10-12-13-14-15-16-17-18-19-22-25-29-33-45(52)34-32-38-50(54)60-46(42-59-62(55,56)58-40-39-51(5,6)7)41-57-49(53)37-31-27-24-21-20-23-26-30-36-48-44(4)43(3)47(61-48)35-28-11-9-2/h17-18,22,25,29,33,45-46,52H,8-16,19-21,23-24,26-28,30-32,34-42H2,1-7H3/b18-17+,25-22+,33-29+/t45?,46-/m1/s1. The van der Waals surface area contributed by atoms with Gasteiger partial charge >= 0.3 is 11.9 Å². The lowest BCUT2D eigenvalue weighted by Gasteiger charge is -2.28. The van der Waals surface area contributed by atoms with Crippen molar-refractivity contribution in [3.63, 3.8) is 0 Å². The highest BCUT2D eigenvalue weighted by molar-refractivity contribution is 7.45. The Morgan fingerprint density at radius 3 is 1.92 bits per heavy atom. The van der Waals surface area contributed by atoms with Crippen LogP contribution in [0.15, 0.2) is 40.9 Å². The zero-order valence-corrected chi connectivity index (χ0v) is 41.0. The summed E-state index contributed by atoms with van der Waals surface area (Å²) in [7, 11) is 1.03. The van der Waals surface area contributed by atoms with E-state index in [-0.39, 0.29) is 26.1 Å². The number of aryl methyl sites for hydroxylation is 2. The molecule has 1 N–H and O–H groups in total. The van der Waals surface area contributed by atoms with Gasteiger partial charge in [-0.15, -0.1) is 0 Å². The minimum atomic E-state index is -4.69. The lowest BCUT2D eigenvalue weighted by atomic mass is 10.0. The maximum atomic E-state index is 12.7. The number of carbonyl (C=O) groups excluding carboxylic acids is 2. The van der Waals surface area contributed by atoms with Gasteiger partial charge in [-0.05, 0) is 76.3 Å². The molecule has 0 fully saturated rings. The van der Waals surface area contributed by atoms with E-state index in [0.29, 0.717) is 30.3 Å². The number of carbonyl (C=O) groups is 2. The summed E-state index contributed by atoms with van der Waals surface area (Å²) < 4.78 is 40.1. The molecule has 1 rings (SSSR count). The van der Waals surface area contributed by atoms with Crippen LogP contribution in [-0.2, 0) is 45.5 Å². The normalized spacial score (nSPS) is 14.3. The number of phosphoric acid groups is 1. The lowest BCUT2D eigenvalue weighted by Crippen LogP contribution is -2.37. The molecule has 0 radical (unpaired) electrons.